The highest BCUT2D eigenvalue weighted by Gasteiger charge is 2.18. The fraction of sp³-hybridized carbons (Fsp3) is 0.914. The Labute approximate surface area is 475 Å². The first-order chi connectivity index (χ1) is 37.5. The van der Waals surface area contributed by atoms with Crippen LogP contribution in [0.15, 0.2) is 24.3 Å². The average Bonchev–Trinajstić information content (AvgIpc) is 3.42. The van der Waals surface area contributed by atoms with E-state index in [4.69, 9.17) is 4.74 Å². The SMILES string of the molecule is CCCCCCCC/C=C\CCCCCCCCCCCC(=O)OCCCCCCCCCCCCCCCCCC(=O)NC(CO)C(O)/C=C/CCCCCCCCCCCCCCCCCCCCCCCCC. The maximum atomic E-state index is 12.5. The van der Waals surface area contributed by atoms with Gasteiger partial charge in [-0.3, -0.25) is 9.59 Å². The highest BCUT2D eigenvalue weighted by molar-refractivity contribution is 5.76. The molecule has 450 valence electrons. The van der Waals surface area contributed by atoms with Crippen molar-refractivity contribution in [1.29, 1.82) is 0 Å². The zero-order valence-electron chi connectivity index (χ0n) is 51.5. The summed E-state index contributed by atoms with van der Waals surface area (Å²) in [7, 11) is 0. The van der Waals surface area contributed by atoms with Crippen molar-refractivity contribution in [2.75, 3.05) is 13.2 Å². The van der Waals surface area contributed by atoms with E-state index in [-0.39, 0.29) is 18.5 Å². The van der Waals surface area contributed by atoms with Crippen molar-refractivity contribution in [3.63, 3.8) is 0 Å². The lowest BCUT2D eigenvalue weighted by atomic mass is 10.0. The van der Waals surface area contributed by atoms with Gasteiger partial charge in [0.1, 0.15) is 0 Å². The van der Waals surface area contributed by atoms with Crippen LogP contribution in [0.25, 0.3) is 0 Å². The Morgan fingerprint density at radius 2 is 0.618 bits per heavy atom. The Morgan fingerprint density at radius 3 is 0.934 bits per heavy atom. The molecule has 76 heavy (non-hydrogen) atoms. The third-order valence-electron chi connectivity index (χ3n) is 16.2. The van der Waals surface area contributed by atoms with E-state index in [0.717, 1.165) is 51.4 Å². The lowest BCUT2D eigenvalue weighted by molar-refractivity contribution is -0.143. The summed E-state index contributed by atoms with van der Waals surface area (Å²) < 4.78 is 5.50. The van der Waals surface area contributed by atoms with Crippen LogP contribution in [0, 0.1) is 0 Å². The molecule has 0 radical (unpaired) electrons. The fourth-order valence-corrected chi connectivity index (χ4v) is 10.9. The van der Waals surface area contributed by atoms with Crippen LogP contribution in [0.4, 0.5) is 0 Å². The molecule has 1 amide bonds. The number of unbranched alkanes of at least 4 members (excludes halogenated alkanes) is 52. The van der Waals surface area contributed by atoms with Gasteiger partial charge >= 0.3 is 5.97 Å². The van der Waals surface area contributed by atoms with Crippen molar-refractivity contribution in [3.8, 4) is 0 Å². The van der Waals surface area contributed by atoms with Crippen LogP contribution in [0.5, 0.6) is 0 Å². The second kappa shape index (κ2) is 65.9. The van der Waals surface area contributed by atoms with E-state index in [9.17, 15) is 19.8 Å². The largest absolute Gasteiger partial charge is 0.466 e. The minimum absolute atomic E-state index is 0.000344. The second-order valence-electron chi connectivity index (χ2n) is 23.9. The maximum Gasteiger partial charge on any atom is 0.305 e. The minimum atomic E-state index is -0.852. The topological polar surface area (TPSA) is 95.9 Å². The van der Waals surface area contributed by atoms with Gasteiger partial charge in [-0.05, 0) is 57.8 Å². The summed E-state index contributed by atoms with van der Waals surface area (Å²) >= 11 is 0. The maximum absolute atomic E-state index is 12.5. The molecule has 0 spiro atoms. The van der Waals surface area contributed by atoms with Crippen LogP contribution >= 0.6 is 0 Å². The lowest BCUT2D eigenvalue weighted by Gasteiger charge is -2.20. The predicted molar refractivity (Wildman–Crippen MR) is 333 cm³/mol. The third-order valence-corrected chi connectivity index (χ3v) is 16.2. The van der Waals surface area contributed by atoms with E-state index >= 15 is 0 Å². The van der Waals surface area contributed by atoms with Gasteiger partial charge < -0.3 is 20.3 Å². The Bertz CT molecular complexity index is 1190. The summed E-state index contributed by atoms with van der Waals surface area (Å²) in [4.78, 5) is 24.6. The van der Waals surface area contributed by atoms with Gasteiger partial charge in [-0.2, -0.15) is 0 Å². The van der Waals surface area contributed by atoms with E-state index in [0.29, 0.717) is 19.4 Å². The number of carbonyl (C=O) groups excluding carboxylic acids is 2. The first-order valence-corrected chi connectivity index (χ1v) is 34.6. The summed E-state index contributed by atoms with van der Waals surface area (Å²) in [5.74, 6) is -0.0717. The molecular formula is C70H135NO5. The molecule has 0 heterocycles. The number of nitrogens with one attached hydrogen (secondary N) is 1. The number of allylic oxidation sites excluding steroid dienone is 3. The molecule has 0 aliphatic heterocycles. The summed E-state index contributed by atoms with van der Waals surface area (Å²) in [5.41, 5.74) is 0. The summed E-state index contributed by atoms with van der Waals surface area (Å²) in [6.07, 6.45) is 82.4. The van der Waals surface area contributed by atoms with E-state index in [1.807, 2.05) is 6.08 Å². The number of carbonyl (C=O) groups is 2. The van der Waals surface area contributed by atoms with Crippen LogP contribution in [-0.2, 0) is 14.3 Å². The van der Waals surface area contributed by atoms with Crippen LogP contribution in [0.1, 0.15) is 386 Å². The second-order valence-corrected chi connectivity index (χ2v) is 23.9. The molecule has 0 saturated carbocycles. The Balaban J connectivity index is 3.44. The van der Waals surface area contributed by atoms with Crippen molar-refractivity contribution in [3.05, 3.63) is 24.3 Å². The Hall–Kier alpha value is -1.66. The number of hydrogen-bond acceptors (Lipinski definition) is 5. The van der Waals surface area contributed by atoms with Gasteiger partial charge in [0.15, 0.2) is 0 Å². The molecule has 0 aromatic rings. The molecule has 0 aliphatic rings. The Kier molecular flexibility index (Phi) is 64.4. The monoisotopic (exact) mass is 1070 g/mol. The first-order valence-electron chi connectivity index (χ1n) is 34.6. The number of hydrogen-bond donors (Lipinski definition) is 3. The van der Waals surface area contributed by atoms with E-state index in [1.54, 1.807) is 6.08 Å². The van der Waals surface area contributed by atoms with Gasteiger partial charge in [-0.15, -0.1) is 0 Å². The number of aliphatic hydroxyl groups excluding tert-OH is 2. The highest BCUT2D eigenvalue weighted by atomic mass is 16.5. The molecule has 2 unspecified atom stereocenters. The van der Waals surface area contributed by atoms with Crippen molar-refractivity contribution >= 4 is 11.9 Å². The molecule has 0 fully saturated rings. The fourth-order valence-electron chi connectivity index (χ4n) is 10.9. The van der Waals surface area contributed by atoms with Crippen LogP contribution in [0.2, 0.25) is 0 Å². The number of rotatable bonds is 65. The van der Waals surface area contributed by atoms with E-state index in [1.165, 1.54) is 308 Å². The van der Waals surface area contributed by atoms with Gasteiger partial charge in [0.25, 0.3) is 0 Å². The van der Waals surface area contributed by atoms with Gasteiger partial charge in [-0.25, -0.2) is 0 Å². The van der Waals surface area contributed by atoms with E-state index < -0.39 is 12.1 Å². The zero-order valence-corrected chi connectivity index (χ0v) is 51.5. The van der Waals surface area contributed by atoms with Gasteiger partial charge in [0.2, 0.25) is 5.91 Å². The number of esters is 1. The van der Waals surface area contributed by atoms with Crippen molar-refractivity contribution in [1.82, 2.24) is 5.32 Å². The molecule has 0 aliphatic carbocycles. The standard InChI is InChI=1S/C70H135NO5/c1-3-5-7-9-11-13-15-17-19-21-23-24-25-26-27-28-30-31-34-38-42-46-50-54-58-62-68(73)67(66-72)71-69(74)63-59-55-51-47-43-39-35-33-37-41-45-49-53-57-61-65-76-70(75)64-60-56-52-48-44-40-36-32-29-22-20-18-16-14-12-10-8-6-4-2/h18,20,58,62,67-68,72-73H,3-17,19,21-57,59-61,63-66H2,1-2H3,(H,71,74)/b20-18-,62-58+. The summed E-state index contributed by atoms with van der Waals surface area (Å²) in [6.45, 7) is 4.92. The molecule has 0 bridgehead atoms. The molecule has 0 aromatic heterocycles. The van der Waals surface area contributed by atoms with E-state index in [2.05, 4.69) is 31.3 Å². The molecule has 3 N–H and O–H groups in total. The lowest BCUT2D eigenvalue weighted by Crippen LogP contribution is -2.45. The minimum Gasteiger partial charge on any atom is -0.466 e. The smallest absolute Gasteiger partial charge is 0.305 e. The molecule has 0 rings (SSSR count). The van der Waals surface area contributed by atoms with Crippen molar-refractivity contribution in [2.45, 2.75) is 398 Å². The van der Waals surface area contributed by atoms with Crippen molar-refractivity contribution < 1.29 is 24.5 Å². The predicted octanol–water partition coefficient (Wildman–Crippen LogP) is 22.1. The normalized spacial score (nSPS) is 12.6. The summed E-state index contributed by atoms with van der Waals surface area (Å²) in [6, 6.07) is -0.636. The molecule has 6 heteroatoms. The highest BCUT2D eigenvalue weighted by Crippen LogP contribution is 2.18. The quantitative estimate of drug-likeness (QED) is 0.0320. The average molecular weight is 1070 g/mol. The first kappa shape index (κ1) is 74.3. The van der Waals surface area contributed by atoms with Crippen LogP contribution in [0.3, 0.4) is 0 Å². The number of aliphatic hydroxyl groups is 2. The Morgan fingerprint density at radius 1 is 0.355 bits per heavy atom. The molecule has 0 saturated heterocycles. The van der Waals surface area contributed by atoms with Crippen LogP contribution < -0.4 is 5.32 Å². The number of ether oxygens (including phenoxy) is 1. The van der Waals surface area contributed by atoms with Crippen molar-refractivity contribution in [2.24, 2.45) is 0 Å². The molecule has 6 nitrogen and oxygen atoms in total. The summed E-state index contributed by atoms with van der Waals surface area (Å²) in [5, 5.41) is 23.3. The molecular weight excluding hydrogens is 935 g/mol. The van der Waals surface area contributed by atoms with Crippen LogP contribution in [-0.4, -0.2) is 47.4 Å². The zero-order chi connectivity index (χ0) is 55.0. The molecule has 0 aromatic carbocycles. The van der Waals surface area contributed by atoms with Gasteiger partial charge in [0.05, 0.1) is 25.4 Å². The number of amides is 1. The molecule has 2 atom stereocenters. The third kappa shape index (κ3) is 61.6. The van der Waals surface area contributed by atoms with Gasteiger partial charge in [0, 0.05) is 12.8 Å². The van der Waals surface area contributed by atoms with Gasteiger partial charge in [-0.1, -0.05) is 340 Å².